The third kappa shape index (κ3) is 3.90. The second-order valence-electron chi connectivity index (χ2n) is 6.21. The number of H-pyrrole nitrogens is 1. The van der Waals surface area contributed by atoms with E-state index in [4.69, 9.17) is 0 Å². The van der Waals surface area contributed by atoms with Crippen LogP contribution < -0.4 is 5.32 Å². The Kier molecular flexibility index (Phi) is 4.87. The predicted molar refractivity (Wildman–Crippen MR) is 93.7 cm³/mol. The molecule has 0 aromatic carbocycles. The number of anilines is 1. The minimum atomic E-state index is -0.171. The number of hydrogen-bond acceptors (Lipinski definition) is 5. The van der Waals surface area contributed by atoms with Gasteiger partial charge in [-0.15, -0.1) is 0 Å². The molecular weight excluding hydrogens is 318 g/mol. The monoisotopic (exact) mass is 339 g/mol. The van der Waals surface area contributed by atoms with Crippen LogP contribution in [-0.4, -0.2) is 35.9 Å². The van der Waals surface area contributed by atoms with Gasteiger partial charge < -0.3 is 5.32 Å². The molecule has 0 radical (unpaired) electrons. The molecule has 1 amide bonds. The first kappa shape index (κ1) is 16.8. The Morgan fingerprint density at radius 2 is 1.96 bits per heavy atom. The number of rotatable bonds is 6. The number of nitrogens with zero attached hydrogens (tertiary/aromatic N) is 5. The van der Waals surface area contributed by atoms with E-state index in [0.29, 0.717) is 23.4 Å². The number of nitrogens with one attached hydrogen (secondary N) is 2. The maximum absolute atomic E-state index is 12.3. The second-order valence-corrected chi connectivity index (χ2v) is 6.21. The Balaban J connectivity index is 1.66. The fraction of sp³-hybridized carbons (Fsp3) is 0.353. The molecule has 3 heterocycles. The van der Waals surface area contributed by atoms with E-state index in [1.165, 1.54) is 0 Å². The Labute approximate surface area is 145 Å². The fourth-order valence-electron chi connectivity index (χ4n) is 2.36. The smallest absolute Gasteiger partial charge is 0.233 e. The summed E-state index contributed by atoms with van der Waals surface area (Å²) in [5, 5.41) is 14.1. The first-order chi connectivity index (χ1) is 12.0. The Hall–Kier alpha value is -3.03. The SMILES string of the molecule is CC(C)[C@@H](C)n1nccc1NC(=O)Cc1nc(-c2ccncc2)n[nH]1. The molecule has 0 saturated carbocycles. The molecule has 3 rings (SSSR count). The van der Waals surface area contributed by atoms with Crippen molar-refractivity contribution in [2.75, 3.05) is 5.32 Å². The molecule has 0 aliphatic rings. The summed E-state index contributed by atoms with van der Waals surface area (Å²) in [7, 11) is 0. The topological polar surface area (TPSA) is 101 Å². The Bertz CT molecular complexity index is 838. The molecule has 130 valence electrons. The molecule has 3 aromatic rings. The fourth-order valence-corrected chi connectivity index (χ4v) is 2.36. The van der Waals surface area contributed by atoms with Crippen LogP contribution in [0.15, 0.2) is 36.8 Å². The van der Waals surface area contributed by atoms with Gasteiger partial charge in [-0.2, -0.15) is 10.2 Å². The zero-order chi connectivity index (χ0) is 17.8. The normalized spacial score (nSPS) is 12.3. The van der Waals surface area contributed by atoms with Crippen molar-refractivity contribution in [1.29, 1.82) is 0 Å². The van der Waals surface area contributed by atoms with E-state index in [2.05, 4.69) is 51.4 Å². The van der Waals surface area contributed by atoms with Crippen molar-refractivity contribution in [3.05, 3.63) is 42.6 Å². The molecule has 0 saturated heterocycles. The van der Waals surface area contributed by atoms with E-state index in [1.807, 2.05) is 16.8 Å². The predicted octanol–water partition coefficient (Wildman–Crippen LogP) is 2.46. The molecule has 2 N–H and O–H groups in total. The maximum atomic E-state index is 12.3. The van der Waals surface area contributed by atoms with Gasteiger partial charge in [0.15, 0.2) is 5.82 Å². The first-order valence-corrected chi connectivity index (χ1v) is 8.19. The molecule has 1 atom stereocenters. The summed E-state index contributed by atoms with van der Waals surface area (Å²) in [6.07, 6.45) is 5.15. The van der Waals surface area contributed by atoms with Crippen LogP contribution >= 0.6 is 0 Å². The quantitative estimate of drug-likeness (QED) is 0.718. The van der Waals surface area contributed by atoms with E-state index < -0.39 is 0 Å². The van der Waals surface area contributed by atoms with Crippen molar-refractivity contribution in [2.24, 2.45) is 5.92 Å². The average molecular weight is 339 g/mol. The van der Waals surface area contributed by atoms with Crippen molar-refractivity contribution < 1.29 is 4.79 Å². The highest BCUT2D eigenvalue weighted by atomic mass is 16.1. The third-order valence-electron chi connectivity index (χ3n) is 4.09. The van der Waals surface area contributed by atoms with Crippen LogP contribution in [0.4, 0.5) is 5.82 Å². The van der Waals surface area contributed by atoms with Crippen LogP contribution in [0.2, 0.25) is 0 Å². The van der Waals surface area contributed by atoms with Gasteiger partial charge in [-0.3, -0.25) is 14.9 Å². The van der Waals surface area contributed by atoms with E-state index in [1.54, 1.807) is 24.7 Å². The summed E-state index contributed by atoms with van der Waals surface area (Å²) in [4.78, 5) is 20.6. The van der Waals surface area contributed by atoms with Crippen molar-refractivity contribution in [3.8, 4) is 11.4 Å². The molecular formula is C17H21N7O. The number of pyridine rings is 1. The largest absolute Gasteiger partial charge is 0.311 e. The summed E-state index contributed by atoms with van der Waals surface area (Å²) in [5.74, 6) is 1.97. The van der Waals surface area contributed by atoms with E-state index in [-0.39, 0.29) is 18.4 Å². The van der Waals surface area contributed by atoms with Crippen LogP contribution in [0.1, 0.15) is 32.6 Å². The molecule has 0 aliphatic heterocycles. The van der Waals surface area contributed by atoms with Gasteiger partial charge in [0, 0.05) is 24.0 Å². The van der Waals surface area contributed by atoms with Gasteiger partial charge in [-0.1, -0.05) is 13.8 Å². The molecule has 25 heavy (non-hydrogen) atoms. The highest BCUT2D eigenvalue weighted by molar-refractivity contribution is 5.91. The molecule has 0 fully saturated rings. The molecule has 0 bridgehead atoms. The van der Waals surface area contributed by atoms with Crippen molar-refractivity contribution in [1.82, 2.24) is 29.9 Å². The molecule has 8 heteroatoms. The van der Waals surface area contributed by atoms with Crippen LogP contribution in [0, 0.1) is 5.92 Å². The number of carbonyl (C=O) groups is 1. The maximum Gasteiger partial charge on any atom is 0.233 e. The van der Waals surface area contributed by atoms with E-state index >= 15 is 0 Å². The lowest BCUT2D eigenvalue weighted by molar-refractivity contribution is -0.115. The standard InChI is InChI=1S/C17H21N7O/c1-11(2)12(3)24-15(6-9-19-24)21-16(25)10-14-20-17(23-22-14)13-4-7-18-8-5-13/h4-9,11-12H,10H2,1-3H3,(H,21,25)(H,20,22,23)/t12-/m1/s1. The van der Waals surface area contributed by atoms with Crippen molar-refractivity contribution in [3.63, 3.8) is 0 Å². The molecule has 8 nitrogen and oxygen atoms in total. The molecule has 0 unspecified atom stereocenters. The van der Waals surface area contributed by atoms with Gasteiger partial charge in [-0.05, 0) is 25.0 Å². The molecule has 3 aromatic heterocycles. The highest BCUT2D eigenvalue weighted by Gasteiger charge is 2.16. The molecule has 0 aliphatic carbocycles. The summed E-state index contributed by atoms with van der Waals surface area (Å²) in [5.41, 5.74) is 0.849. The van der Waals surface area contributed by atoms with Crippen LogP contribution in [0.3, 0.4) is 0 Å². The highest BCUT2D eigenvalue weighted by Crippen LogP contribution is 2.21. The first-order valence-electron chi connectivity index (χ1n) is 8.19. The Morgan fingerprint density at radius 3 is 2.68 bits per heavy atom. The zero-order valence-electron chi connectivity index (χ0n) is 14.5. The number of hydrogen-bond donors (Lipinski definition) is 2. The van der Waals surface area contributed by atoms with Crippen molar-refractivity contribution >= 4 is 11.7 Å². The van der Waals surface area contributed by atoms with Gasteiger partial charge >= 0.3 is 0 Å². The lowest BCUT2D eigenvalue weighted by Gasteiger charge is -2.19. The summed E-state index contributed by atoms with van der Waals surface area (Å²) in [6, 6.07) is 5.62. The average Bonchev–Trinajstić information content (AvgIpc) is 3.24. The van der Waals surface area contributed by atoms with Gasteiger partial charge in [-0.25, -0.2) is 9.67 Å². The number of amides is 1. The zero-order valence-corrected chi connectivity index (χ0v) is 14.5. The van der Waals surface area contributed by atoms with Gasteiger partial charge in [0.2, 0.25) is 5.91 Å². The lowest BCUT2D eigenvalue weighted by atomic mass is 10.1. The van der Waals surface area contributed by atoms with Gasteiger partial charge in [0.1, 0.15) is 11.6 Å². The second kappa shape index (κ2) is 7.25. The minimum Gasteiger partial charge on any atom is -0.311 e. The third-order valence-corrected chi connectivity index (χ3v) is 4.09. The van der Waals surface area contributed by atoms with E-state index in [0.717, 1.165) is 5.56 Å². The number of aromatic amines is 1. The van der Waals surface area contributed by atoms with Crippen molar-refractivity contribution in [2.45, 2.75) is 33.2 Å². The number of carbonyl (C=O) groups excluding carboxylic acids is 1. The van der Waals surface area contributed by atoms with Gasteiger partial charge in [0.05, 0.1) is 18.7 Å². The summed E-state index contributed by atoms with van der Waals surface area (Å²) < 4.78 is 1.82. The van der Waals surface area contributed by atoms with Gasteiger partial charge in [0.25, 0.3) is 0 Å². The number of aromatic nitrogens is 6. The summed E-state index contributed by atoms with van der Waals surface area (Å²) in [6.45, 7) is 6.31. The van der Waals surface area contributed by atoms with Crippen LogP contribution in [0.5, 0.6) is 0 Å². The Morgan fingerprint density at radius 1 is 1.20 bits per heavy atom. The van der Waals surface area contributed by atoms with Crippen LogP contribution in [0.25, 0.3) is 11.4 Å². The lowest BCUT2D eigenvalue weighted by Crippen LogP contribution is -2.21. The minimum absolute atomic E-state index is 0.110. The van der Waals surface area contributed by atoms with E-state index in [9.17, 15) is 4.79 Å². The summed E-state index contributed by atoms with van der Waals surface area (Å²) >= 11 is 0. The van der Waals surface area contributed by atoms with Crippen LogP contribution in [-0.2, 0) is 11.2 Å². The molecule has 0 spiro atoms.